The molecule has 0 atom stereocenters. The summed E-state index contributed by atoms with van der Waals surface area (Å²) in [6.45, 7) is 5.06. The lowest BCUT2D eigenvalue weighted by molar-refractivity contribution is 0.362. The maximum Gasteiger partial charge on any atom is 0.119 e. The molecule has 1 aromatic carbocycles. The summed E-state index contributed by atoms with van der Waals surface area (Å²) in [5, 5.41) is 0. The van der Waals surface area contributed by atoms with Gasteiger partial charge in [-0.25, -0.2) is 0 Å². The van der Waals surface area contributed by atoms with Crippen molar-refractivity contribution in [3.8, 4) is 16.2 Å². The second-order valence-corrected chi connectivity index (χ2v) is 6.28. The average Bonchev–Trinajstić information content (AvgIpc) is 2.97. The molecule has 0 spiro atoms. The summed E-state index contributed by atoms with van der Waals surface area (Å²) in [7, 11) is 0. The Labute approximate surface area is 132 Å². The maximum absolute atomic E-state index is 5.70. The molecule has 0 N–H and O–H groups in total. The molecule has 21 heavy (non-hydrogen) atoms. The number of thiophene rings is 1. The van der Waals surface area contributed by atoms with Crippen molar-refractivity contribution in [3.05, 3.63) is 53.4 Å². The van der Waals surface area contributed by atoms with Gasteiger partial charge in [0.05, 0.1) is 0 Å². The number of unbranched alkanes of at least 4 members (excludes halogenated alkanes) is 1. The van der Waals surface area contributed by atoms with Gasteiger partial charge in [-0.05, 0) is 54.8 Å². The van der Waals surface area contributed by atoms with Crippen LogP contribution in [0.5, 0.6) is 5.75 Å². The molecule has 0 bridgehead atoms. The number of hydrogen-bond donors (Lipinski definition) is 0. The molecule has 1 aromatic heterocycles. The molecule has 0 aliphatic heterocycles. The minimum absolute atomic E-state index is 0.652. The molecule has 0 unspecified atom stereocenters. The fourth-order valence-electron chi connectivity index (χ4n) is 2.13. The summed E-state index contributed by atoms with van der Waals surface area (Å²) in [6.07, 6.45) is 8.96. The van der Waals surface area contributed by atoms with Gasteiger partial charge in [0.15, 0.2) is 0 Å². The van der Waals surface area contributed by atoms with Crippen LogP contribution in [0.4, 0.5) is 0 Å². The van der Waals surface area contributed by atoms with E-state index in [-0.39, 0.29) is 0 Å². The van der Waals surface area contributed by atoms with Crippen LogP contribution in [-0.4, -0.2) is 6.61 Å². The van der Waals surface area contributed by atoms with Crippen LogP contribution in [0.25, 0.3) is 10.4 Å². The van der Waals surface area contributed by atoms with Gasteiger partial charge < -0.3 is 4.74 Å². The molecule has 0 radical (unpaired) electrons. The van der Waals surface area contributed by atoms with E-state index < -0.39 is 0 Å². The molecule has 1 nitrogen and oxygen atoms in total. The van der Waals surface area contributed by atoms with Crippen LogP contribution in [-0.2, 0) is 6.42 Å². The zero-order chi connectivity index (χ0) is 14.9. The van der Waals surface area contributed by atoms with Gasteiger partial charge in [0.2, 0.25) is 0 Å². The van der Waals surface area contributed by atoms with E-state index in [0.29, 0.717) is 6.61 Å². The lowest BCUT2D eigenvalue weighted by atomic mass is 10.2. The monoisotopic (exact) mass is 300 g/mol. The Bertz CT molecular complexity index is 551. The van der Waals surface area contributed by atoms with Crippen molar-refractivity contribution in [1.29, 1.82) is 0 Å². The minimum Gasteiger partial charge on any atom is -0.490 e. The maximum atomic E-state index is 5.70. The molecular weight excluding hydrogens is 276 g/mol. The average molecular weight is 300 g/mol. The largest absolute Gasteiger partial charge is 0.490 e. The van der Waals surface area contributed by atoms with Gasteiger partial charge in [-0.3, -0.25) is 0 Å². The van der Waals surface area contributed by atoms with Gasteiger partial charge in [0, 0.05) is 9.75 Å². The lowest BCUT2D eigenvalue weighted by Crippen LogP contribution is -1.92. The summed E-state index contributed by atoms with van der Waals surface area (Å²) in [5.41, 5.74) is 1.27. The fourth-order valence-corrected chi connectivity index (χ4v) is 3.24. The van der Waals surface area contributed by atoms with E-state index in [1.54, 1.807) is 0 Å². The Kier molecular flexibility index (Phi) is 6.55. The van der Waals surface area contributed by atoms with Gasteiger partial charge in [-0.2, -0.15) is 0 Å². The molecule has 2 aromatic rings. The van der Waals surface area contributed by atoms with Gasteiger partial charge in [0.25, 0.3) is 0 Å². The molecule has 2 heteroatoms. The summed E-state index contributed by atoms with van der Waals surface area (Å²) in [4.78, 5) is 2.81. The van der Waals surface area contributed by atoms with Crippen LogP contribution in [0.15, 0.2) is 48.6 Å². The first kappa shape index (κ1) is 15.8. The summed E-state index contributed by atoms with van der Waals surface area (Å²) in [5.74, 6) is 0.935. The number of benzene rings is 1. The SMILES string of the molecule is CCC/C=C/COc1ccc(-c2ccc(CCC)s2)cc1. The predicted octanol–water partition coefficient (Wildman–Crippen LogP) is 6.10. The normalized spacial score (nSPS) is 11.1. The van der Waals surface area contributed by atoms with E-state index in [1.807, 2.05) is 11.3 Å². The van der Waals surface area contributed by atoms with Crippen LogP contribution in [0.1, 0.15) is 38.0 Å². The molecular formula is C19H24OS. The first-order chi connectivity index (χ1) is 10.3. The summed E-state index contributed by atoms with van der Waals surface area (Å²) < 4.78 is 5.70. The Morgan fingerprint density at radius 3 is 2.48 bits per heavy atom. The predicted molar refractivity (Wildman–Crippen MR) is 93.3 cm³/mol. The van der Waals surface area contributed by atoms with Gasteiger partial charge in [-0.15, -0.1) is 11.3 Å². The van der Waals surface area contributed by atoms with E-state index in [2.05, 4.69) is 62.4 Å². The second-order valence-electron chi connectivity index (χ2n) is 5.11. The number of aryl methyl sites for hydroxylation is 1. The summed E-state index contributed by atoms with van der Waals surface area (Å²) in [6, 6.07) is 12.9. The number of ether oxygens (including phenoxy) is 1. The van der Waals surface area contributed by atoms with Crippen LogP contribution in [0, 0.1) is 0 Å². The van der Waals surface area contributed by atoms with Crippen LogP contribution in [0.3, 0.4) is 0 Å². The number of allylic oxidation sites excluding steroid dienone is 1. The Morgan fingerprint density at radius 2 is 1.76 bits per heavy atom. The van der Waals surface area contributed by atoms with E-state index in [1.165, 1.54) is 34.6 Å². The molecule has 2 rings (SSSR count). The van der Waals surface area contributed by atoms with Gasteiger partial charge >= 0.3 is 0 Å². The highest BCUT2D eigenvalue weighted by atomic mass is 32.1. The van der Waals surface area contributed by atoms with Crippen molar-refractivity contribution in [3.63, 3.8) is 0 Å². The molecule has 0 amide bonds. The third-order valence-corrected chi connectivity index (χ3v) is 4.46. The van der Waals surface area contributed by atoms with Crippen molar-refractivity contribution in [2.24, 2.45) is 0 Å². The topological polar surface area (TPSA) is 9.23 Å². The highest BCUT2D eigenvalue weighted by Gasteiger charge is 2.02. The Morgan fingerprint density at radius 1 is 0.952 bits per heavy atom. The Hall–Kier alpha value is -1.54. The highest BCUT2D eigenvalue weighted by Crippen LogP contribution is 2.30. The zero-order valence-corrected chi connectivity index (χ0v) is 13.8. The van der Waals surface area contributed by atoms with Crippen LogP contribution in [0.2, 0.25) is 0 Å². The van der Waals surface area contributed by atoms with E-state index in [0.717, 1.165) is 12.2 Å². The standard InChI is InChI=1S/C19H24OS/c1-3-5-6-7-15-20-17-11-9-16(10-12-17)19-14-13-18(21-19)8-4-2/h6-7,9-14H,3-5,8,15H2,1-2H3/b7-6+. The van der Waals surface area contributed by atoms with Crippen LogP contribution >= 0.6 is 11.3 Å². The number of hydrogen-bond acceptors (Lipinski definition) is 2. The Balaban J connectivity index is 1.91. The third kappa shape index (κ3) is 5.05. The van der Waals surface area contributed by atoms with E-state index in [9.17, 15) is 0 Å². The van der Waals surface area contributed by atoms with Crippen LogP contribution < -0.4 is 4.74 Å². The quantitative estimate of drug-likeness (QED) is 0.535. The van der Waals surface area contributed by atoms with Crippen molar-refractivity contribution in [2.45, 2.75) is 39.5 Å². The van der Waals surface area contributed by atoms with E-state index >= 15 is 0 Å². The van der Waals surface area contributed by atoms with Crippen molar-refractivity contribution < 1.29 is 4.74 Å². The summed E-state index contributed by atoms with van der Waals surface area (Å²) >= 11 is 1.89. The van der Waals surface area contributed by atoms with Gasteiger partial charge in [0.1, 0.15) is 12.4 Å². The minimum atomic E-state index is 0.652. The molecule has 1 heterocycles. The molecule has 0 saturated heterocycles. The smallest absolute Gasteiger partial charge is 0.119 e. The third-order valence-electron chi connectivity index (χ3n) is 3.27. The molecule has 0 aliphatic rings. The first-order valence-corrected chi connectivity index (χ1v) is 8.62. The first-order valence-electron chi connectivity index (χ1n) is 7.80. The van der Waals surface area contributed by atoms with Crippen molar-refractivity contribution in [2.75, 3.05) is 6.61 Å². The second kappa shape index (κ2) is 8.68. The van der Waals surface area contributed by atoms with Crippen molar-refractivity contribution >= 4 is 11.3 Å². The molecule has 0 saturated carbocycles. The molecule has 112 valence electrons. The lowest BCUT2D eigenvalue weighted by Gasteiger charge is -2.04. The highest BCUT2D eigenvalue weighted by molar-refractivity contribution is 7.15. The molecule has 0 fully saturated rings. The molecule has 0 aliphatic carbocycles. The fraction of sp³-hybridized carbons (Fsp3) is 0.368. The zero-order valence-electron chi connectivity index (χ0n) is 13.0. The van der Waals surface area contributed by atoms with Crippen molar-refractivity contribution in [1.82, 2.24) is 0 Å². The number of rotatable bonds is 8. The van der Waals surface area contributed by atoms with E-state index in [4.69, 9.17) is 4.74 Å². The van der Waals surface area contributed by atoms with Gasteiger partial charge in [-0.1, -0.05) is 38.8 Å².